The standard InChI is InChI=1S/C14H16N2O/c1-4-5-8-13(17)16-11(3)10(2)12-7-6-9-15-14(12)16/h4,6-7,9H,1,5,8H2,2-3H3. The third-order valence-corrected chi connectivity index (χ3v) is 3.09. The summed E-state index contributed by atoms with van der Waals surface area (Å²) in [6.45, 7) is 7.62. The Kier molecular flexibility index (Phi) is 3.09. The lowest BCUT2D eigenvalue weighted by Crippen LogP contribution is -2.12. The Morgan fingerprint density at radius 1 is 1.53 bits per heavy atom. The highest BCUT2D eigenvalue weighted by Crippen LogP contribution is 2.23. The topological polar surface area (TPSA) is 34.9 Å². The van der Waals surface area contributed by atoms with Crippen LogP contribution in [0.15, 0.2) is 31.0 Å². The van der Waals surface area contributed by atoms with Gasteiger partial charge in [-0.15, -0.1) is 6.58 Å². The van der Waals surface area contributed by atoms with E-state index in [4.69, 9.17) is 0 Å². The lowest BCUT2D eigenvalue weighted by atomic mass is 10.2. The molecular formula is C14H16N2O. The van der Waals surface area contributed by atoms with E-state index in [0.29, 0.717) is 12.8 Å². The smallest absolute Gasteiger partial charge is 0.232 e. The van der Waals surface area contributed by atoms with Gasteiger partial charge in [0.1, 0.15) is 5.65 Å². The Morgan fingerprint density at radius 3 is 3.00 bits per heavy atom. The predicted octanol–water partition coefficient (Wildman–Crippen LogP) is 3.26. The molecule has 0 saturated carbocycles. The van der Waals surface area contributed by atoms with Crippen molar-refractivity contribution in [3.63, 3.8) is 0 Å². The average molecular weight is 228 g/mol. The molecule has 0 saturated heterocycles. The van der Waals surface area contributed by atoms with Crippen molar-refractivity contribution >= 4 is 16.9 Å². The molecule has 0 bridgehead atoms. The number of fused-ring (bicyclic) bond motifs is 1. The Morgan fingerprint density at radius 2 is 2.29 bits per heavy atom. The van der Waals surface area contributed by atoms with Gasteiger partial charge in [-0.2, -0.15) is 0 Å². The van der Waals surface area contributed by atoms with Crippen LogP contribution in [0, 0.1) is 13.8 Å². The largest absolute Gasteiger partial charge is 0.274 e. The molecular weight excluding hydrogens is 212 g/mol. The number of allylic oxidation sites excluding steroid dienone is 1. The van der Waals surface area contributed by atoms with Gasteiger partial charge in [-0.1, -0.05) is 6.08 Å². The first-order chi connectivity index (χ1) is 8.16. The zero-order valence-corrected chi connectivity index (χ0v) is 10.2. The molecule has 0 radical (unpaired) electrons. The van der Waals surface area contributed by atoms with Crippen molar-refractivity contribution < 1.29 is 4.79 Å². The molecule has 0 amide bonds. The van der Waals surface area contributed by atoms with Gasteiger partial charge in [-0.05, 0) is 38.0 Å². The van der Waals surface area contributed by atoms with Crippen molar-refractivity contribution in [2.24, 2.45) is 0 Å². The molecule has 88 valence electrons. The summed E-state index contributed by atoms with van der Waals surface area (Å²) in [6, 6.07) is 3.90. The summed E-state index contributed by atoms with van der Waals surface area (Å²) >= 11 is 0. The van der Waals surface area contributed by atoms with Crippen LogP contribution < -0.4 is 0 Å². The molecule has 0 aliphatic carbocycles. The van der Waals surface area contributed by atoms with E-state index in [1.807, 2.05) is 26.0 Å². The fourth-order valence-electron chi connectivity index (χ4n) is 2.03. The van der Waals surface area contributed by atoms with Crippen molar-refractivity contribution in [2.75, 3.05) is 0 Å². The van der Waals surface area contributed by atoms with Crippen LogP contribution in [-0.4, -0.2) is 15.5 Å². The predicted molar refractivity (Wildman–Crippen MR) is 69.3 cm³/mol. The SMILES string of the molecule is C=CCCC(=O)n1c(C)c(C)c2cccnc21. The minimum Gasteiger partial charge on any atom is -0.274 e. The number of carbonyl (C=O) groups excluding carboxylic acids is 1. The van der Waals surface area contributed by atoms with Gasteiger partial charge in [0.15, 0.2) is 0 Å². The van der Waals surface area contributed by atoms with E-state index in [0.717, 1.165) is 22.3 Å². The summed E-state index contributed by atoms with van der Waals surface area (Å²) in [6.07, 6.45) is 4.66. The van der Waals surface area contributed by atoms with Gasteiger partial charge in [0, 0.05) is 23.7 Å². The van der Waals surface area contributed by atoms with Crippen LogP contribution in [0.3, 0.4) is 0 Å². The van der Waals surface area contributed by atoms with Crippen LogP contribution in [0.5, 0.6) is 0 Å². The Labute approximate surface area is 101 Å². The molecule has 0 aliphatic heterocycles. The molecule has 2 rings (SSSR count). The van der Waals surface area contributed by atoms with Crippen molar-refractivity contribution in [3.8, 4) is 0 Å². The maximum absolute atomic E-state index is 12.1. The number of hydrogen-bond acceptors (Lipinski definition) is 2. The first kappa shape index (κ1) is 11.6. The molecule has 2 heterocycles. The number of pyridine rings is 1. The number of aromatic nitrogens is 2. The summed E-state index contributed by atoms with van der Waals surface area (Å²) in [4.78, 5) is 16.4. The molecule has 0 N–H and O–H groups in total. The van der Waals surface area contributed by atoms with Gasteiger partial charge < -0.3 is 0 Å². The van der Waals surface area contributed by atoms with Crippen molar-refractivity contribution in [3.05, 3.63) is 42.2 Å². The summed E-state index contributed by atoms with van der Waals surface area (Å²) < 4.78 is 1.72. The highest BCUT2D eigenvalue weighted by Gasteiger charge is 2.16. The highest BCUT2D eigenvalue weighted by atomic mass is 16.2. The first-order valence-corrected chi connectivity index (χ1v) is 5.73. The Bertz CT molecular complexity index is 581. The van der Waals surface area contributed by atoms with Crippen molar-refractivity contribution in [1.29, 1.82) is 0 Å². The molecule has 3 nitrogen and oxygen atoms in total. The number of aryl methyl sites for hydroxylation is 1. The maximum atomic E-state index is 12.1. The van der Waals surface area contributed by atoms with Crippen LogP contribution in [0.25, 0.3) is 11.0 Å². The van der Waals surface area contributed by atoms with Gasteiger partial charge in [0.25, 0.3) is 0 Å². The molecule has 0 unspecified atom stereocenters. The van der Waals surface area contributed by atoms with Crippen LogP contribution in [-0.2, 0) is 0 Å². The maximum Gasteiger partial charge on any atom is 0.232 e. The second kappa shape index (κ2) is 4.53. The fourth-order valence-corrected chi connectivity index (χ4v) is 2.03. The molecule has 17 heavy (non-hydrogen) atoms. The minimum absolute atomic E-state index is 0.0826. The van der Waals surface area contributed by atoms with Gasteiger partial charge in [0.05, 0.1) is 0 Å². The number of hydrogen-bond donors (Lipinski definition) is 0. The molecule has 0 spiro atoms. The van der Waals surface area contributed by atoms with E-state index >= 15 is 0 Å². The number of nitrogens with zero attached hydrogens (tertiary/aromatic N) is 2. The van der Waals surface area contributed by atoms with E-state index < -0.39 is 0 Å². The van der Waals surface area contributed by atoms with Crippen LogP contribution in [0.1, 0.15) is 28.9 Å². The second-order valence-corrected chi connectivity index (χ2v) is 4.14. The zero-order valence-electron chi connectivity index (χ0n) is 10.2. The average Bonchev–Trinajstić information content (AvgIpc) is 2.60. The second-order valence-electron chi connectivity index (χ2n) is 4.14. The van der Waals surface area contributed by atoms with Crippen LogP contribution in [0.2, 0.25) is 0 Å². The lowest BCUT2D eigenvalue weighted by molar-refractivity contribution is 0.0906. The number of rotatable bonds is 3. The van der Waals surface area contributed by atoms with Crippen molar-refractivity contribution in [1.82, 2.24) is 9.55 Å². The first-order valence-electron chi connectivity index (χ1n) is 5.73. The van der Waals surface area contributed by atoms with E-state index in [9.17, 15) is 4.79 Å². The third-order valence-electron chi connectivity index (χ3n) is 3.09. The quantitative estimate of drug-likeness (QED) is 0.756. The number of carbonyl (C=O) groups is 1. The van der Waals surface area contributed by atoms with Gasteiger partial charge in [-0.3, -0.25) is 9.36 Å². The Balaban J connectivity index is 2.56. The molecule has 3 heteroatoms. The molecule has 2 aromatic rings. The highest BCUT2D eigenvalue weighted by molar-refractivity contribution is 5.93. The normalized spacial score (nSPS) is 10.7. The summed E-state index contributed by atoms with van der Waals surface area (Å²) in [5.74, 6) is 0.0826. The van der Waals surface area contributed by atoms with E-state index in [1.54, 1.807) is 16.8 Å². The van der Waals surface area contributed by atoms with Crippen molar-refractivity contribution in [2.45, 2.75) is 26.7 Å². The van der Waals surface area contributed by atoms with Crippen LogP contribution in [0.4, 0.5) is 0 Å². The third kappa shape index (κ3) is 1.88. The molecule has 0 aliphatic rings. The minimum atomic E-state index is 0.0826. The molecule has 0 atom stereocenters. The summed E-state index contributed by atoms with van der Waals surface area (Å²) in [5.41, 5.74) is 2.87. The van der Waals surface area contributed by atoms with Crippen LogP contribution >= 0.6 is 0 Å². The molecule has 0 fully saturated rings. The van der Waals surface area contributed by atoms with E-state index in [-0.39, 0.29) is 5.91 Å². The zero-order chi connectivity index (χ0) is 12.4. The Hall–Kier alpha value is -1.90. The van der Waals surface area contributed by atoms with Gasteiger partial charge in [0.2, 0.25) is 5.91 Å². The monoisotopic (exact) mass is 228 g/mol. The van der Waals surface area contributed by atoms with Gasteiger partial charge >= 0.3 is 0 Å². The molecule has 2 aromatic heterocycles. The molecule has 0 aromatic carbocycles. The van der Waals surface area contributed by atoms with E-state index in [2.05, 4.69) is 11.6 Å². The van der Waals surface area contributed by atoms with Gasteiger partial charge in [-0.25, -0.2) is 4.98 Å². The van der Waals surface area contributed by atoms with E-state index in [1.165, 1.54) is 0 Å². The fraction of sp³-hybridized carbons (Fsp3) is 0.286. The lowest BCUT2D eigenvalue weighted by Gasteiger charge is -2.04. The summed E-state index contributed by atoms with van der Waals surface area (Å²) in [5, 5.41) is 1.05. The summed E-state index contributed by atoms with van der Waals surface area (Å²) in [7, 11) is 0.